The van der Waals surface area contributed by atoms with Crippen LogP contribution in [-0.4, -0.2) is 17.7 Å². The van der Waals surface area contributed by atoms with Gasteiger partial charge < -0.3 is 15.2 Å². The van der Waals surface area contributed by atoms with Crippen LogP contribution in [0, 0.1) is 0 Å². The molecule has 0 amide bonds. The van der Waals surface area contributed by atoms with E-state index in [0.29, 0.717) is 6.61 Å². The molecule has 1 aliphatic rings. The molecule has 3 rings (SSSR count). The smallest absolute Gasteiger partial charge is 0.120 e. The topological polar surface area (TPSA) is 57.4 Å². The van der Waals surface area contributed by atoms with Gasteiger partial charge in [-0.15, -0.1) is 0 Å². The van der Waals surface area contributed by atoms with Crippen molar-refractivity contribution in [3.8, 4) is 5.75 Å². The molecule has 0 unspecified atom stereocenters. The van der Waals surface area contributed by atoms with Crippen LogP contribution in [0.1, 0.15) is 25.1 Å². The Morgan fingerprint density at radius 2 is 2.21 bits per heavy atom. The van der Waals surface area contributed by atoms with Crippen LogP contribution in [0.25, 0.3) is 10.9 Å². The zero-order chi connectivity index (χ0) is 13.4. The molecular formula is C15H18N2O2. The van der Waals surface area contributed by atoms with Crippen molar-refractivity contribution in [1.82, 2.24) is 4.98 Å². The summed E-state index contributed by atoms with van der Waals surface area (Å²) in [7, 11) is 0. The molecule has 0 radical (unpaired) electrons. The summed E-state index contributed by atoms with van der Waals surface area (Å²) in [6.45, 7) is 5.29. The molecular weight excluding hydrogens is 240 g/mol. The first-order valence-corrected chi connectivity index (χ1v) is 6.60. The number of nitrogen functional groups attached to an aromatic ring is 1. The Kier molecular flexibility index (Phi) is 3.03. The second-order valence-corrected chi connectivity index (χ2v) is 5.10. The van der Waals surface area contributed by atoms with Crippen LogP contribution in [0.4, 0.5) is 5.69 Å². The summed E-state index contributed by atoms with van der Waals surface area (Å²) in [5.74, 6) is 0.827. The fraction of sp³-hybridized carbons (Fsp3) is 0.400. The number of anilines is 1. The molecule has 0 fully saturated rings. The average molecular weight is 258 g/mol. The second kappa shape index (κ2) is 4.70. The fourth-order valence-electron chi connectivity index (χ4n) is 2.42. The van der Waals surface area contributed by atoms with E-state index in [1.807, 2.05) is 32.0 Å². The van der Waals surface area contributed by atoms with Crippen LogP contribution in [-0.2, 0) is 17.8 Å². The Morgan fingerprint density at radius 1 is 1.37 bits per heavy atom. The number of aromatic nitrogens is 1. The lowest BCUT2D eigenvalue weighted by Gasteiger charge is -2.19. The molecule has 1 aromatic heterocycles. The van der Waals surface area contributed by atoms with E-state index >= 15 is 0 Å². The van der Waals surface area contributed by atoms with Crippen molar-refractivity contribution in [2.45, 2.75) is 33.0 Å². The molecule has 19 heavy (non-hydrogen) atoms. The van der Waals surface area contributed by atoms with Gasteiger partial charge in [-0.3, -0.25) is 4.98 Å². The molecule has 100 valence electrons. The summed E-state index contributed by atoms with van der Waals surface area (Å²) >= 11 is 0. The van der Waals surface area contributed by atoms with Gasteiger partial charge in [-0.2, -0.15) is 0 Å². The predicted octanol–water partition coefficient (Wildman–Crippen LogP) is 2.68. The van der Waals surface area contributed by atoms with E-state index < -0.39 is 0 Å². The lowest BCUT2D eigenvalue weighted by molar-refractivity contribution is 0.110. The fourth-order valence-corrected chi connectivity index (χ4v) is 2.42. The normalized spacial score (nSPS) is 14.7. The van der Waals surface area contributed by atoms with Crippen molar-refractivity contribution < 1.29 is 9.47 Å². The van der Waals surface area contributed by atoms with Gasteiger partial charge >= 0.3 is 0 Å². The number of hydrogen-bond acceptors (Lipinski definition) is 4. The van der Waals surface area contributed by atoms with E-state index in [-0.39, 0.29) is 6.10 Å². The summed E-state index contributed by atoms with van der Waals surface area (Å²) in [4.78, 5) is 4.68. The molecule has 4 heteroatoms. The van der Waals surface area contributed by atoms with E-state index in [4.69, 9.17) is 15.2 Å². The lowest BCUT2D eigenvalue weighted by atomic mass is 10.0. The van der Waals surface area contributed by atoms with E-state index in [1.54, 1.807) is 0 Å². The van der Waals surface area contributed by atoms with Gasteiger partial charge in [0.15, 0.2) is 0 Å². The molecule has 0 saturated carbocycles. The van der Waals surface area contributed by atoms with Gasteiger partial charge in [0.05, 0.1) is 30.5 Å². The zero-order valence-corrected chi connectivity index (χ0v) is 11.3. The minimum absolute atomic E-state index is 0.146. The highest BCUT2D eigenvalue weighted by Gasteiger charge is 2.17. The zero-order valence-electron chi connectivity index (χ0n) is 11.3. The van der Waals surface area contributed by atoms with Gasteiger partial charge in [0, 0.05) is 23.1 Å². The van der Waals surface area contributed by atoms with Crippen LogP contribution in [0.5, 0.6) is 5.75 Å². The first-order chi connectivity index (χ1) is 9.15. The third kappa shape index (κ3) is 2.24. The van der Waals surface area contributed by atoms with Gasteiger partial charge in [0.1, 0.15) is 5.75 Å². The number of ether oxygens (including phenoxy) is 2. The molecule has 0 atom stereocenters. The summed E-state index contributed by atoms with van der Waals surface area (Å²) in [5, 5.41) is 0.947. The summed E-state index contributed by atoms with van der Waals surface area (Å²) in [6.07, 6.45) is 0.979. The monoisotopic (exact) mass is 258 g/mol. The third-order valence-corrected chi connectivity index (χ3v) is 3.29. The first kappa shape index (κ1) is 12.2. The second-order valence-electron chi connectivity index (χ2n) is 5.10. The summed E-state index contributed by atoms with van der Waals surface area (Å²) in [5.41, 5.74) is 10.1. The van der Waals surface area contributed by atoms with E-state index in [0.717, 1.165) is 46.6 Å². The highest BCUT2D eigenvalue weighted by Crippen LogP contribution is 2.31. The number of fused-ring (bicyclic) bond motifs is 2. The SMILES string of the molecule is CC(C)Oc1ccc2nc3c(c(N)c2c1)COCC3. The molecule has 2 aromatic rings. The van der Waals surface area contributed by atoms with Gasteiger partial charge in [-0.25, -0.2) is 0 Å². The quantitative estimate of drug-likeness (QED) is 0.899. The number of nitrogens with zero attached hydrogens (tertiary/aromatic N) is 1. The summed E-state index contributed by atoms with van der Waals surface area (Å²) in [6, 6.07) is 5.88. The first-order valence-electron chi connectivity index (χ1n) is 6.60. The molecule has 0 spiro atoms. The van der Waals surface area contributed by atoms with Crippen LogP contribution in [0.15, 0.2) is 18.2 Å². The van der Waals surface area contributed by atoms with Crippen molar-refractivity contribution in [2.75, 3.05) is 12.3 Å². The maximum absolute atomic E-state index is 6.26. The molecule has 4 nitrogen and oxygen atoms in total. The van der Waals surface area contributed by atoms with Crippen molar-refractivity contribution >= 4 is 16.6 Å². The Balaban J connectivity index is 2.14. The average Bonchev–Trinajstić information content (AvgIpc) is 2.39. The van der Waals surface area contributed by atoms with E-state index in [2.05, 4.69) is 4.98 Å². The molecule has 2 N–H and O–H groups in total. The molecule has 1 aliphatic heterocycles. The van der Waals surface area contributed by atoms with Gasteiger partial charge in [-0.05, 0) is 32.0 Å². The Labute approximate surface area is 112 Å². The number of benzene rings is 1. The Hall–Kier alpha value is -1.81. The number of pyridine rings is 1. The lowest BCUT2D eigenvalue weighted by Crippen LogP contribution is -2.14. The number of nitrogens with two attached hydrogens (primary N) is 1. The third-order valence-electron chi connectivity index (χ3n) is 3.29. The highest BCUT2D eigenvalue weighted by molar-refractivity contribution is 5.93. The molecule has 0 bridgehead atoms. The minimum Gasteiger partial charge on any atom is -0.491 e. The maximum atomic E-state index is 6.26. The van der Waals surface area contributed by atoms with Crippen LogP contribution in [0.2, 0.25) is 0 Å². The number of rotatable bonds is 2. The van der Waals surface area contributed by atoms with Crippen LogP contribution < -0.4 is 10.5 Å². The van der Waals surface area contributed by atoms with Crippen molar-refractivity contribution in [1.29, 1.82) is 0 Å². The predicted molar refractivity (Wildman–Crippen MR) is 75.3 cm³/mol. The molecule has 2 heterocycles. The Bertz CT molecular complexity index is 623. The van der Waals surface area contributed by atoms with Crippen molar-refractivity contribution in [3.63, 3.8) is 0 Å². The van der Waals surface area contributed by atoms with Crippen molar-refractivity contribution in [2.24, 2.45) is 0 Å². The standard InChI is InChI=1S/C15H18N2O2/c1-9(2)19-10-3-4-13-11(7-10)15(16)12-8-18-6-5-14(12)17-13/h3-4,7,9H,5-6,8H2,1-2H3,(H2,16,17). The van der Waals surface area contributed by atoms with Crippen LogP contribution in [0.3, 0.4) is 0 Å². The summed E-state index contributed by atoms with van der Waals surface area (Å²) < 4.78 is 11.2. The van der Waals surface area contributed by atoms with Gasteiger partial charge in [0.2, 0.25) is 0 Å². The number of hydrogen-bond donors (Lipinski definition) is 1. The van der Waals surface area contributed by atoms with Crippen LogP contribution >= 0.6 is 0 Å². The minimum atomic E-state index is 0.146. The molecule has 0 saturated heterocycles. The van der Waals surface area contributed by atoms with Gasteiger partial charge in [0.25, 0.3) is 0 Å². The highest BCUT2D eigenvalue weighted by atomic mass is 16.5. The van der Waals surface area contributed by atoms with Crippen molar-refractivity contribution in [3.05, 3.63) is 29.5 Å². The Morgan fingerprint density at radius 3 is 3.00 bits per heavy atom. The largest absolute Gasteiger partial charge is 0.491 e. The van der Waals surface area contributed by atoms with E-state index in [1.165, 1.54) is 0 Å². The van der Waals surface area contributed by atoms with E-state index in [9.17, 15) is 0 Å². The maximum Gasteiger partial charge on any atom is 0.120 e. The molecule has 1 aromatic carbocycles. The molecule has 0 aliphatic carbocycles. The van der Waals surface area contributed by atoms with Gasteiger partial charge in [-0.1, -0.05) is 0 Å².